The van der Waals surface area contributed by atoms with Gasteiger partial charge in [0.05, 0.1) is 0 Å². The van der Waals surface area contributed by atoms with Crippen molar-refractivity contribution >= 4 is 63.7 Å². The Hall–Kier alpha value is -0.500. The van der Waals surface area contributed by atoms with Gasteiger partial charge in [0.2, 0.25) is 0 Å². The Morgan fingerprint density at radius 1 is 0.714 bits per heavy atom. The third kappa shape index (κ3) is 3.02. The van der Waals surface area contributed by atoms with Crippen LogP contribution in [-0.4, -0.2) is 15.2 Å². The number of nitrogens with zero attached hydrogens (tertiary/aromatic N) is 2. The molecule has 0 unspecified atom stereocenters. The van der Waals surface area contributed by atoms with Gasteiger partial charge in [-0.25, -0.2) is 4.98 Å². The number of aromatic amines is 1. The maximum atomic E-state index is 4.61. The standard InChI is InChI=1S/C14H7Br4N3/c15-7-3-1-4-8(16)11(7)13-19-14(21-20-13)12-9(17)5-2-6-10(12)18/h1-6H,(H,19,20,21). The van der Waals surface area contributed by atoms with E-state index < -0.39 is 0 Å². The SMILES string of the molecule is Brc1cccc(Br)c1-c1n[nH]c(-c2c(Br)cccc2Br)n1. The van der Waals surface area contributed by atoms with Gasteiger partial charge in [0, 0.05) is 29.0 Å². The highest BCUT2D eigenvalue weighted by molar-refractivity contribution is 9.11. The van der Waals surface area contributed by atoms with Gasteiger partial charge in [0.15, 0.2) is 11.6 Å². The Morgan fingerprint density at radius 2 is 1.19 bits per heavy atom. The maximum Gasteiger partial charge on any atom is 0.183 e. The Balaban J connectivity index is 2.13. The molecule has 7 heteroatoms. The molecule has 0 spiro atoms. The lowest BCUT2D eigenvalue weighted by atomic mass is 10.2. The summed E-state index contributed by atoms with van der Waals surface area (Å²) in [6.07, 6.45) is 0. The highest BCUT2D eigenvalue weighted by atomic mass is 79.9. The van der Waals surface area contributed by atoms with Gasteiger partial charge in [0.25, 0.3) is 0 Å². The van der Waals surface area contributed by atoms with Crippen molar-refractivity contribution in [3.8, 4) is 22.8 Å². The van der Waals surface area contributed by atoms with E-state index in [2.05, 4.69) is 78.9 Å². The summed E-state index contributed by atoms with van der Waals surface area (Å²) >= 11 is 14.2. The number of H-pyrrole nitrogens is 1. The topological polar surface area (TPSA) is 41.6 Å². The van der Waals surface area contributed by atoms with Crippen LogP contribution in [0.3, 0.4) is 0 Å². The molecule has 0 radical (unpaired) electrons. The van der Waals surface area contributed by atoms with Gasteiger partial charge < -0.3 is 0 Å². The summed E-state index contributed by atoms with van der Waals surface area (Å²) in [6.45, 7) is 0. The highest BCUT2D eigenvalue weighted by Crippen LogP contribution is 2.36. The summed E-state index contributed by atoms with van der Waals surface area (Å²) in [5.41, 5.74) is 1.86. The number of halogens is 4. The van der Waals surface area contributed by atoms with Crippen molar-refractivity contribution in [2.75, 3.05) is 0 Å². The van der Waals surface area contributed by atoms with Crippen LogP contribution in [-0.2, 0) is 0 Å². The predicted octanol–water partition coefficient (Wildman–Crippen LogP) is 6.19. The van der Waals surface area contributed by atoms with E-state index in [9.17, 15) is 0 Å². The molecule has 0 aliphatic rings. The molecule has 0 saturated heterocycles. The van der Waals surface area contributed by atoms with Crippen molar-refractivity contribution in [3.05, 3.63) is 54.3 Å². The lowest BCUT2D eigenvalue weighted by molar-refractivity contribution is 1.10. The van der Waals surface area contributed by atoms with E-state index in [0.29, 0.717) is 11.6 Å². The Kier molecular flexibility index (Phi) is 4.63. The van der Waals surface area contributed by atoms with Crippen molar-refractivity contribution in [2.45, 2.75) is 0 Å². The summed E-state index contributed by atoms with van der Waals surface area (Å²) in [5, 5.41) is 7.32. The summed E-state index contributed by atoms with van der Waals surface area (Å²) in [5.74, 6) is 1.33. The molecule has 3 rings (SSSR count). The molecular formula is C14H7Br4N3. The highest BCUT2D eigenvalue weighted by Gasteiger charge is 2.16. The van der Waals surface area contributed by atoms with Crippen LogP contribution in [0, 0.1) is 0 Å². The molecule has 1 aromatic heterocycles. The first-order valence-corrected chi connectivity index (χ1v) is 9.06. The third-order valence-corrected chi connectivity index (χ3v) is 5.51. The van der Waals surface area contributed by atoms with Gasteiger partial charge in [-0.15, -0.1) is 0 Å². The predicted molar refractivity (Wildman–Crippen MR) is 98.1 cm³/mol. The fourth-order valence-electron chi connectivity index (χ4n) is 1.92. The van der Waals surface area contributed by atoms with Crippen LogP contribution in [0.4, 0.5) is 0 Å². The number of hydrogen-bond donors (Lipinski definition) is 1. The molecular weight excluding hydrogens is 530 g/mol. The number of benzene rings is 2. The Labute approximate surface area is 155 Å². The average molecular weight is 537 g/mol. The molecule has 1 heterocycles. The third-order valence-electron chi connectivity index (χ3n) is 2.87. The molecule has 3 aromatic rings. The summed E-state index contributed by atoms with van der Waals surface area (Å²) in [6, 6.07) is 11.8. The molecule has 3 nitrogen and oxygen atoms in total. The van der Waals surface area contributed by atoms with Gasteiger partial charge in [0.1, 0.15) is 0 Å². The van der Waals surface area contributed by atoms with E-state index in [1.54, 1.807) is 0 Å². The minimum atomic E-state index is 0.631. The molecule has 0 aliphatic heterocycles. The number of rotatable bonds is 2. The van der Waals surface area contributed by atoms with Gasteiger partial charge in [-0.05, 0) is 88.0 Å². The van der Waals surface area contributed by atoms with Gasteiger partial charge in [-0.1, -0.05) is 12.1 Å². The molecule has 0 amide bonds. The van der Waals surface area contributed by atoms with Crippen LogP contribution in [0.25, 0.3) is 22.8 Å². The van der Waals surface area contributed by atoms with E-state index in [4.69, 9.17) is 0 Å². The number of aromatic nitrogens is 3. The first-order chi connectivity index (χ1) is 10.1. The van der Waals surface area contributed by atoms with Gasteiger partial charge >= 0.3 is 0 Å². The van der Waals surface area contributed by atoms with E-state index in [1.165, 1.54) is 0 Å². The fourth-order valence-corrected chi connectivity index (χ4v) is 4.65. The normalized spacial score (nSPS) is 10.9. The Morgan fingerprint density at radius 3 is 1.71 bits per heavy atom. The smallest absolute Gasteiger partial charge is 0.183 e. The van der Waals surface area contributed by atoms with E-state index >= 15 is 0 Å². The summed E-state index contributed by atoms with van der Waals surface area (Å²) in [4.78, 5) is 4.61. The monoisotopic (exact) mass is 533 g/mol. The second-order valence-electron chi connectivity index (χ2n) is 4.20. The lowest BCUT2D eigenvalue weighted by Gasteiger charge is -2.03. The van der Waals surface area contributed by atoms with Crippen molar-refractivity contribution in [2.24, 2.45) is 0 Å². The molecule has 0 atom stereocenters. The molecule has 2 aromatic carbocycles. The van der Waals surface area contributed by atoms with Gasteiger partial charge in [-0.3, -0.25) is 5.10 Å². The van der Waals surface area contributed by atoms with Crippen molar-refractivity contribution < 1.29 is 0 Å². The average Bonchev–Trinajstić information content (AvgIpc) is 2.87. The van der Waals surface area contributed by atoms with Crippen LogP contribution in [0.1, 0.15) is 0 Å². The molecule has 0 fully saturated rings. The molecule has 1 N–H and O–H groups in total. The molecule has 0 aliphatic carbocycles. The van der Waals surface area contributed by atoms with Crippen LogP contribution in [0.5, 0.6) is 0 Å². The first-order valence-electron chi connectivity index (χ1n) is 5.89. The van der Waals surface area contributed by atoms with Crippen LogP contribution >= 0.6 is 63.7 Å². The lowest BCUT2D eigenvalue weighted by Crippen LogP contribution is -1.86. The second-order valence-corrected chi connectivity index (χ2v) is 7.62. The summed E-state index contributed by atoms with van der Waals surface area (Å²) < 4.78 is 3.78. The van der Waals surface area contributed by atoms with E-state index in [-0.39, 0.29) is 0 Å². The van der Waals surface area contributed by atoms with Crippen molar-refractivity contribution in [1.82, 2.24) is 15.2 Å². The van der Waals surface area contributed by atoms with Crippen molar-refractivity contribution in [1.29, 1.82) is 0 Å². The minimum Gasteiger partial charge on any atom is -0.259 e. The fraction of sp³-hybridized carbons (Fsp3) is 0. The van der Waals surface area contributed by atoms with E-state index in [1.807, 2.05) is 36.4 Å². The second kappa shape index (κ2) is 6.32. The molecule has 21 heavy (non-hydrogen) atoms. The molecule has 0 saturated carbocycles. The van der Waals surface area contributed by atoms with E-state index in [0.717, 1.165) is 29.0 Å². The summed E-state index contributed by atoms with van der Waals surface area (Å²) in [7, 11) is 0. The maximum absolute atomic E-state index is 4.61. The number of nitrogens with one attached hydrogen (secondary N) is 1. The van der Waals surface area contributed by atoms with Gasteiger partial charge in [-0.2, -0.15) is 5.10 Å². The largest absolute Gasteiger partial charge is 0.259 e. The molecule has 106 valence electrons. The van der Waals surface area contributed by atoms with Crippen molar-refractivity contribution in [3.63, 3.8) is 0 Å². The Bertz CT molecular complexity index is 707. The molecule has 0 bridgehead atoms. The zero-order chi connectivity index (χ0) is 15.0. The minimum absolute atomic E-state index is 0.631. The zero-order valence-corrected chi connectivity index (χ0v) is 16.7. The number of hydrogen-bond acceptors (Lipinski definition) is 2. The van der Waals surface area contributed by atoms with Crippen LogP contribution in [0.2, 0.25) is 0 Å². The quantitative estimate of drug-likeness (QED) is 0.424. The van der Waals surface area contributed by atoms with Crippen LogP contribution in [0.15, 0.2) is 54.3 Å². The first kappa shape index (κ1) is 15.4. The zero-order valence-electron chi connectivity index (χ0n) is 10.4. The van der Waals surface area contributed by atoms with Crippen LogP contribution < -0.4 is 0 Å².